The number of methoxy groups -OCH3 is 1. The summed E-state index contributed by atoms with van der Waals surface area (Å²) in [5, 5.41) is 0.475. The van der Waals surface area contributed by atoms with E-state index < -0.39 is 12.1 Å². The molecule has 0 aliphatic carbocycles. The first-order valence-corrected chi connectivity index (χ1v) is 7.91. The lowest BCUT2D eigenvalue weighted by Crippen LogP contribution is -2.13. The molecule has 1 N–H and O–H groups in total. The number of hydrogen-bond donors (Lipinski definition) is 1. The summed E-state index contributed by atoms with van der Waals surface area (Å²) in [5.41, 5.74) is 2.36. The number of para-hydroxylation sites is 2. The van der Waals surface area contributed by atoms with Crippen molar-refractivity contribution < 1.29 is 14.3 Å². The van der Waals surface area contributed by atoms with Crippen LogP contribution in [0.25, 0.3) is 11.0 Å². The number of halogens is 1. The molecule has 2 aromatic carbocycles. The number of nitrogens with zero attached hydrogens (tertiary/aromatic N) is 1. The summed E-state index contributed by atoms with van der Waals surface area (Å²) in [6.07, 6.45) is -0.452. The van der Waals surface area contributed by atoms with Crippen LogP contribution < -0.4 is 4.74 Å². The van der Waals surface area contributed by atoms with Gasteiger partial charge in [0.05, 0.1) is 24.6 Å². The maximum Gasteiger partial charge on any atom is 0.311 e. The summed E-state index contributed by atoms with van der Waals surface area (Å²) < 4.78 is 10.7. The van der Waals surface area contributed by atoms with Crippen LogP contribution in [0.15, 0.2) is 42.5 Å². The zero-order valence-electron chi connectivity index (χ0n) is 13.4. The fraction of sp³-hybridized carbons (Fsp3) is 0.222. The summed E-state index contributed by atoms with van der Waals surface area (Å²) in [5.74, 6) is 0.779. The third-order valence-electron chi connectivity index (χ3n) is 3.72. The van der Waals surface area contributed by atoms with Gasteiger partial charge in [-0.05, 0) is 31.2 Å². The maximum absolute atomic E-state index is 12.3. The van der Waals surface area contributed by atoms with Crippen molar-refractivity contribution in [2.45, 2.75) is 19.4 Å². The van der Waals surface area contributed by atoms with Gasteiger partial charge in [-0.1, -0.05) is 29.8 Å². The van der Waals surface area contributed by atoms with Crippen LogP contribution in [0.3, 0.4) is 0 Å². The highest BCUT2D eigenvalue weighted by Crippen LogP contribution is 2.27. The molecule has 1 aromatic heterocycles. The highest BCUT2D eigenvalue weighted by Gasteiger charge is 2.18. The second-order valence-electron chi connectivity index (χ2n) is 5.37. The first kappa shape index (κ1) is 16.3. The number of aromatic nitrogens is 2. The number of imidazole rings is 1. The third kappa shape index (κ3) is 3.36. The van der Waals surface area contributed by atoms with Gasteiger partial charge in [0, 0.05) is 10.6 Å². The van der Waals surface area contributed by atoms with Crippen molar-refractivity contribution in [1.82, 2.24) is 9.97 Å². The lowest BCUT2D eigenvalue weighted by molar-refractivity contribution is -0.148. The smallest absolute Gasteiger partial charge is 0.311 e. The van der Waals surface area contributed by atoms with Crippen LogP contribution in [-0.4, -0.2) is 23.0 Å². The quantitative estimate of drug-likeness (QED) is 0.708. The van der Waals surface area contributed by atoms with Crippen LogP contribution in [0.2, 0.25) is 5.02 Å². The van der Waals surface area contributed by atoms with E-state index in [1.54, 1.807) is 25.1 Å². The molecule has 0 saturated carbocycles. The fourth-order valence-corrected chi connectivity index (χ4v) is 2.74. The van der Waals surface area contributed by atoms with Crippen molar-refractivity contribution >= 4 is 28.6 Å². The van der Waals surface area contributed by atoms with Gasteiger partial charge in [0.2, 0.25) is 0 Å². The Hall–Kier alpha value is -2.53. The Morgan fingerprint density at radius 2 is 2.04 bits per heavy atom. The Morgan fingerprint density at radius 3 is 2.79 bits per heavy atom. The van der Waals surface area contributed by atoms with E-state index >= 15 is 0 Å². The van der Waals surface area contributed by atoms with Gasteiger partial charge >= 0.3 is 5.97 Å². The molecule has 3 rings (SSSR count). The van der Waals surface area contributed by atoms with E-state index in [-0.39, 0.29) is 6.42 Å². The van der Waals surface area contributed by atoms with E-state index in [2.05, 4.69) is 9.97 Å². The van der Waals surface area contributed by atoms with Crippen molar-refractivity contribution in [2.75, 3.05) is 7.11 Å². The number of rotatable bonds is 5. The van der Waals surface area contributed by atoms with Crippen LogP contribution in [0.1, 0.15) is 24.4 Å². The predicted octanol–water partition coefficient (Wildman–Crippen LogP) is 4.07. The summed E-state index contributed by atoms with van der Waals surface area (Å²) in [4.78, 5) is 19.9. The second-order valence-corrected chi connectivity index (χ2v) is 5.78. The SMILES string of the molecule is COc1cccc(Cl)c1CC(=O)O[C@H](C)c1nc2ccccc2[nH]1. The minimum atomic E-state index is -0.488. The Bertz CT molecular complexity index is 843. The highest BCUT2D eigenvalue weighted by molar-refractivity contribution is 6.31. The van der Waals surface area contributed by atoms with Gasteiger partial charge in [-0.15, -0.1) is 0 Å². The van der Waals surface area contributed by atoms with Crippen molar-refractivity contribution in [2.24, 2.45) is 0 Å². The minimum absolute atomic E-state index is 0.0351. The zero-order valence-corrected chi connectivity index (χ0v) is 14.1. The molecule has 24 heavy (non-hydrogen) atoms. The topological polar surface area (TPSA) is 64.2 Å². The molecule has 0 radical (unpaired) electrons. The highest BCUT2D eigenvalue weighted by atomic mass is 35.5. The molecule has 0 aliphatic rings. The molecule has 0 bridgehead atoms. The first-order chi connectivity index (χ1) is 11.6. The molecule has 124 valence electrons. The number of benzene rings is 2. The summed E-state index contributed by atoms with van der Waals surface area (Å²) in [7, 11) is 1.54. The number of hydrogen-bond acceptors (Lipinski definition) is 4. The molecule has 0 saturated heterocycles. The van der Waals surface area contributed by atoms with Crippen molar-refractivity contribution in [3.63, 3.8) is 0 Å². The van der Waals surface area contributed by atoms with Gasteiger partial charge < -0.3 is 14.5 Å². The molecule has 0 aliphatic heterocycles. The first-order valence-electron chi connectivity index (χ1n) is 7.54. The van der Waals surface area contributed by atoms with Gasteiger partial charge in [0.25, 0.3) is 0 Å². The number of esters is 1. The van der Waals surface area contributed by atoms with Crippen molar-refractivity contribution in [3.05, 3.63) is 58.9 Å². The molecule has 0 spiro atoms. The number of carbonyl (C=O) groups is 1. The predicted molar refractivity (Wildman–Crippen MR) is 92.3 cm³/mol. The number of fused-ring (bicyclic) bond motifs is 1. The minimum Gasteiger partial charge on any atom is -0.496 e. The summed E-state index contributed by atoms with van der Waals surface area (Å²) in [6.45, 7) is 1.78. The maximum atomic E-state index is 12.3. The van der Waals surface area contributed by atoms with Gasteiger partial charge in [0.1, 0.15) is 11.6 Å². The van der Waals surface area contributed by atoms with E-state index in [0.717, 1.165) is 11.0 Å². The molecule has 0 amide bonds. The largest absolute Gasteiger partial charge is 0.496 e. The number of aromatic amines is 1. The normalized spacial score (nSPS) is 12.1. The van der Waals surface area contributed by atoms with Crippen molar-refractivity contribution in [1.29, 1.82) is 0 Å². The fourth-order valence-electron chi connectivity index (χ4n) is 2.51. The lowest BCUT2D eigenvalue weighted by Gasteiger charge is -2.13. The number of nitrogens with one attached hydrogen (secondary N) is 1. The van der Waals surface area contributed by atoms with E-state index in [1.807, 2.05) is 24.3 Å². The van der Waals surface area contributed by atoms with Crippen LogP contribution in [-0.2, 0) is 16.0 Å². The van der Waals surface area contributed by atoms with E-state index in [1.165, 1.54) is 7.11 Å². The number of ether oxygens (including phenoxy) is 2. The molecular formula is C18H17ClN2O3. The van der Waals surface area contributed by atoms with E-state index in [0.29, 0.717) is 22.2 Å². The lowest BCUT2D eigenvalue weighted by atomic mass is 10.1. The Labute approximate surface area is 144 Å². The number of H-pyrrole nitrogens is 1. The number of carbonyl (C=O) groups excluding carboxylic acids is 1. The average molecular weight is 345 g/mol. The Balaban J connectivity index is 1.73. The van der Waals surface area contributed by atoms with Gasteiger partial charge in [-0.3, -0.25) is 4.79 Å². The van der Waals surface area contributed by atoms with Gasteiger partial charge in [-0.2, -0.15) is 0 Å². The Morgan fingerprint density at radius 1 is 1.25 bits per heavy atom. The van der Waals surface area contributed by atoms with Gasteiger partial charge in [0.15, 0.2) is 6.10 Å². The second kappa shape index (κ2) is 6.93. The molecular weight excluding hydrogens is 328 g/mol. The molecule has 5 nitrogen and oxygen atoms in total. The van der Waals surface area contributed by atoms with E-state index in [4.69, 9.17) is 21.1 Å². The molecule has 0 unspecified atom stereocenters. The Kier molecular flexibility index (Phi) is 4.71. The van der Waals surface area contributed by atoms with Crippen LogP contribution >= 0.6 is 11.6 Å². The summed E-state index contributed by atoms with van der Waals surface area (Å²) >= 11 is 6.15. The standard InChI is InChI=1S/C18H17ClN2O3/c1-11(18-20-14-7-3-4-8-15(14)21-18)24-17(22)10-12-13(19)6-5-9-16(12)23-2/h3-9,11H,10H2,1-2H3,(H,20,21)/t11-/m1/s1. The zero-order chi connectivity index (χ0) is 17.1. The molecule has 1 heterocycles. The molecule has 3 aromatic rings. The van der Waals surface area contributed by atoms with Gasteiger partial charge in [-0.25, -0.2) is 4.98 Å². The summed E-state index contributed by atoms with van der Waals surface area (Å²) in [6, 6.07) is 12.9. The van der Waals surface area contributed by atoms with Crippen molar-refractivity contribution in [3.8, 4) is 5.75 Å². The molecule has 1 atom stereocenters. The van der Waals surface area contributed by atoms with Crippen LogP contribution in [0.5, 0.6) is 5.75 Å². The van der Waals surface area contributed by atoms with E-state index in [9.17, 15) is 4.79 Å². The third-order valence-corrected chi connectivity index (χ3v) is 4.07. The average Bonchev–Trinajstić information content (AvgIpc) is 3.01. The van der Waals surface area contributed by atoms with Crippen LogP contribution in [0.4, 0.5) is 0 Å². The molecule has 0 fully saturated rings. The van der Waals surface area contributed by atoms with Crippen LogP contribution in [0, 0.1) is 0 Å². The molecule has 6 heteroatoms. The monoisotopic (exact) mass is 344 g/mol.